The number of ether oxygens (including phenoxy) is 2. The predicted molar refractivity (Wildman–Crippen MR) is 71.9 cm³/mol. The lowest BCUT2D eigenvalue weighted by molar-refractivity contribution is 0.0853. The Labute approximate surface area is 113 Å². The Morgan fingerprint density at radius 1 is 1.26 bits per heavy atom. The van der Waals surface area contributed by atoms with E-state index in [0.717, 1.165) is 30.8 Å². The first kappa shape index (κ1) is 12.5. The van der Waals surface area contributed by atoms with Crippen LogP contribution in [-0.2, 0) is 0 Å². The molecule has 0 saturated carbocycles. The number of ketones is 1. The summed E-state index contributed by atoms with van der Waals surface area (Å²) in [5.74, 6) is 2.16. The van der Waals surface area contributed by atoms with Crippen molar-refractivity contribution in [2.75, 3.05) is 26.3 Å². The van der Waals surface area contributed by atoms with E-state index in [2.05, 4.69) is 5.32 Å². The molecule has 1 saturated heterocycles. The molecule has 0 aliphatic carbocycles. The standard InChI is InChI=1S/C15H19NO3/c1-10(12-8-16-9-12)15(17)11-3-4-13-14(7-11)19-6-2-5-18-13/h3-4,7,10,12,16H,2,5-6,8-9H2,1H3. The van der Waals surface area contributed by atoms with Crippen LogP contribution in [0.5, 0.6) is 11.5 Å². The number of carbonyl (C=O) groups excluding carboxylic acids is 1. The molecule has 0 aromatic heterocycles. The van der Waals surface area contributed by atoms with Gasteiger partial charge in [-0.15, -0.1) is 0 Å². The van der Waals surface area contributed by atoms with Gasteiger partial charge in [-0.3, -0.25) is 4.79 Å². The number of benzene rings is 1. The smallest absolute Gasteiger partial charge is 0.166 e. The van der Waals surface area contributed by atoms with E-state index in [9.17, 15) is 4.79 Å². The van der Waals surface area contributed by atoms with E-state index in [0.29, 0.717) is 24.9 Å². The summed E-state index contributed by atoms with van der Waals surface area (Å²) in [6.45, 7) is 5.21. The van der Waals surface area contributed by atoms with E-state index in [1.165, 1.54) is 0 Å². The Hall–Kier alpha value is -1.55. The van der Waals surface area contributed by atoms with Crippen LogP contribution in [0, 0.1) is 11.8 Å². The van der Waals surface area contributed by atoms with Gasteiger partial charge in [-0.25, -0.2) is 0 Å². The van der Waals surface area contributed by atoms with E-state index in [1.807, 2.05) is 25.1 Å². The predicted octanol–water partition coefficient (Wildman–Crippen LogP) is 1.89. The molecular formula is C15H19NO3. The van der Waals surface area contributed by atoms with E-state index >= 15 is 0 Å². The number of Topliss-reactive ketones (excluding diaryl/α,β-unsaturated/α-hetero) is 1. The second-order valence-corrected chi connectivity index (χ2v) is 5.28. The summed E-state index contributed by atoms with van der Waals surface area (Å²) >= 11 is 0. The van der Waals surface area contributed by atoms with Crippen molar-refractivity contribution in [2.45, 2.75) is 13.3 Å². The number of rotatable bonds is 3. The summed E-state index contributed by atoms with van der Waals surface area (Å²) in [5, 5.41) is 3.21. The number of fused-ring (bicyclic) bond motifs is 1. The summed E-state index contributed by atoms with van der Waals surface area (Å²) in [5.41, 5.74) is 0.726. The molecule has 1 fully saturated rings. The minimum Gasteiger partial charge on any atom is -0.490 e. The molecule has 0 amide bonds. The fraction of sp³-hybridized carbons (Fsp3) is 0.533. The SMILES string of the molecule is CC(C(=O)c1ccc2c(c1)OCCCO2)C1CNC1. The molecule has 1 atom stereocenters. The summed E-state index contributed by atoms with van der Waals surface area (Å²) in [7, 11) is 0. The maximum Gasteiger partial charge on any atom is 0.166 e. The van der Waals surface area contributed by atoms with Gasteiger partial charge in [0, 0.05) is 17.9 Å². The lowest BCUT2D eigenvalue weighted by Gasteiger charge is -2.31. The third-order valence-electron chi connectivity index (χ3n) is 3.97. The zero-order valence-electron chi connectivity index (χ0n) is 11.1. The van der Waals surface area contributed by atoms with E-state index in [1.54, 1.807) is 0 Å². The van der Waals surface area contributed by atoms with Gasteiger partial charge in [-0.2, -0.15) is 0 Å². The second kappa shape index (κ2) is 5.21. The normalized spacial score (nSPS) is 20.3. The average Bonchev–Trinajstić information content (AvgIpc) is 2.59. The van der Waals surface area contributed by atoms with Crippen LogP contribution in [0.1, 0.15) is 23.7 Å². The number of carbonyl (C=O) groups is 1. The van der Waals surface area contributed by atoms with Gasteiger partial charge in [0.1, 0.15) is 0 Å². The Bertz CT molecular complexity index is 482. The van der Waals surface area contributed by atoms with Crippen LogP contribution in [0.2, 0.25) is 0 Å². The molecule has 0 bridgehead atoms. The topological polar surface area (TPSA) is 47.6 Å². The summed E-state index contributed by atoms with van der Waals surface area (Å²) in [6, 6.07) is 5.52. The first-order valence-electron chi connectivity index (χ1n) is 6.90. The minimum absolute atomic E-state index is 0.0611. The molecular weight excluding hydrogens is 242 g/mol. The zero-order valence-corrected chi connectivity index (χ0v) is 11.1. The van der Waals surface area contributed by atoms with Gasteiger partial charge in [0.2, 0.25) is 0 Å². The number of hydrogen-bond acceptors (Lipinski definition) is 4. The van der Waals surface area contributed by atoms with Gasteiger partial charge < -0.3 is 14.8 Å². The van der Waals surface area contributed by atoms with E-state index in [4.69, 9.17) is 9.47 Å². The molecule has 1 unspecified atom stereocenters. The first-order chi connectivity index (χ1) is 9.25. The average molecular weight is 261 g/mol. The molecule has 1 N–H and O–H groups in total. The van der Waals surface area contributed by atoms with E-state index < -0.39 is 0 Å². The molecule has 0 radical (unpaired) electrons. The first-order valence-corrected chi connectivity index (χ1v) is 6.90. The fourth-order valence-electron chi connectivity index (χ4n) is 2.46. The highest BCUT2D eigenvalue weighted by Crippen LogP contribution is 2.32. The third kappa shape index (κ3) is 2.45. The van der Waals surface area contributed by atoms with Gasteiger partial charge in [0.15, 0.2) is 17.3 Å². The lowest BCUT2D eigenvalue weighted by atomic mass is 9.83. The van der Waals surface area contributed by atoms with Gasteiger partial charge >= 0.3 is 0 Å². The Balaban J connectivity index is 1.80. The van der Waals surface area contributed by atoms with Crippen molar-refractivity contribution in [3.8, 4) is 11.5 Å². The zero-order chi connectivity index (χ0) is 13.2. The van der Waals surface area contributed by atoms with Crippen molar-refractivity contribution in [3.63, 3.8) is 0 Å². The van der Waals surface area contributed by atoms with Crippen molar-refractivity contribution in [1.82, 2.24) is 5.32 Å². The maximum absolute atomic E-state index is 12.4. The highest BCUT2D eigenvalue weighted by Gasteiger charge is 2.29. The Morgan fingerprint density at radius 3 is 2.68 bits per heavy atom. The van der Waals surface area contributed by atoms with Crippen molar-refractivity contribution in [3.05, 3.63) is 23.8 Å². The van der Waals surface area contributed by atoms with Crippen molar-refractivity contribution in [1.29, 1.82) is 0 Å². The molecule has 19 heavy (non-hydrogen) atoms. The fourth-order valence-corrected chi connectivity index (χ4v) is 2.46. The highest BCUT2D eigenvalue weighted by molar-refractivity contribution is 5.98. The van der Waals surface area contributed by atoms with Crippen LogP contribution in [0.4, 0.5) is 0 Å². The minimum atomic E-state index is 0.0611. The van der Waals surface area contributed by atoms with Gasteiger partial charge in [0.05, 0.1) is 13.2 Å². The molecule has 4 nitrogen and oxygen atoms in total. The molecule has 1 aromatic carbocycles. The quantitative estimate of drug-likeness (QED) is 0.844. The summed E-state index contributed by atoms with van der Waals surface area (Å²) in [4.78, 5) is 12.4. The Kier molecular flexibility index (Phi) is 3.42. The van der Waals surface area contributed by atoms with Crippen molar-refractivity contribution >= 4 is 5.78 Å². The number of nitrogens with one attached hydrogen (secondary N) is 1. The van der Waals surface area contributed by atoms with Crippen LogP contribution in [0.15, 0.2) is 18.2 Å². The molecule has 0 spiro atoms. The van der Waals surface area contributed by atoms with Crippen LogP contribution in [0.3, 0.4) is 0 Å². The maximum atomic E-state index is 12.4. The van der Waals surface area contributed by atoms with Gasteiger partial charge in [-0.05, 0) is 37.2 Å². The third-order valence-corrected chi connectivity index (χ3v) is 3.97. The molecule has 2 aliphatic rings. The van der Waals surface area contributed by atoms with Crippen molar-refractivity contribution < 1.29 is 14.3 Å². The van der Waals surface area contributed by atoms with Crippen LogP contribution in [0.25, 0.3) is 0 Å². The number of hydrogen-bond donors (Lipinski definition) is 1. The summed E-state index contributed by atoms with van der Waals surface area (Å²) in [6.07, 6.45) is 0.877. The Morgan fingerprint density at radius 2 is 2.00 bits per heavy atom. The second-order valence-electron chi connectivity index (χ2n) is 5.28. The molecule has 1 aromatic rings. The largest absolute Gasteiger partial charge is 0.490 e. The molecule has 4 heteroatoms. The molecule has 2 heterocycles. The molecule has 3 rings (SSSR count). The van der Waals surface area contributed by atoms with Crippen LogP contribution >= 0.6 is 0 Å². The van der Waals surface area contributed by atoms with E-state index in [-0.39, 0.29) is 11.7 Å². The summed E-state index contributed by atoms with van der Waals surface area (Å²) < 4.78 is 11.2. The lowest BCUT2D eigenvalue weighted by Crippen LogP contribution is -2.47. The molecule has 2 aliphatic heterocycles. The van der Waals surface area contributed by atoms with Crippen molar-refractivity contribution in [2.24, 2.45) is 11.8 Å². The van der Waals surface area contributed by atoms with Gasteiger partial charge in [0.25, 0.3) is 0 Å². The highest BCUT2D eigenvalue weighted by atomic mass is 16.5. The van der Waals surface area contributed by atoms with Gasteiger partial charge in [-0.1, -0.05) is 6.92 Å². The molecule has 102 valence electrons. The van der Waals surface area contributed by atoms with Crippen LogP contribution in [-0.4, -0.2) is 32.1 Å². The van der Waals surface area contributed by atoms with Crippen LogP contribution < -0.4 is 14.8 Å². The monoisotopic (exact) mass is 261 g/mol.